The van der Waals surface area contributed by atoms with Crippen LogP contribution in [0.4, 0.5) is 5.69 Å². The molecule has 5 nitrogen and oxygen atoms in total. The Morgan fingerprint density at radius 1 is 1.30 bits per heavy atom. The molecule has 1 heterocycles. The van der Waals surface area contributed by atoms with Gasteiger partial charge in [0.05, 0.1) is 5.69 Å². The summed E-state index contributed by atoms with van der Waals surface area (Å²) in [5.41, 5.74) is 0.439. The second-order valence-corrected chi connectivity index (χ2v) is 6.69. The van der Waals surface area contributed by atoms with Gasteiger partial charge >= 0.3 is 0 Å². The first-order valence-electron chi connectivity index (χ1n) is 8.09. The lowest BCUT2D eigenvalue weighted by molar-refractivity contribution is -0.132. The second kappa shape index (κ2) is 6.71. The molecule has 1 aromatic rings. The van der Waals surface area contributed by atoms with Gasteiger partial charge in [-0.15, -0.1) is 0 Å². The van der Waals surface area contributed by atoms with Crippen LogP contribution in [0.25, 0.3) is 0 Å². The topological polar surface area (TPSA) is 49.9 Å². The molecule has 0 saturated carbocycles. The second-order valence-electron chi connectivity index (χ2n) is 6.69. The molecule has 5 heteroatoms. The minimum Gasteiger partial charge on any atom is -0.476 e. The molecule has 0 fully saturated rings. The molecule has 0 saturated heterocycles. The van der Waals surface area contributed by atoms with Crippen LogP contribution < -0.4 is 9.64 Å². The van der Waals surface area contributed by atoms with Gasteiger partial charge in [-0.3, -0.25) is 9.59 Å². The highest BCUT2D eigenvalue weighted by Crippen LogP contribution is 2.38. The number of hydrogen-bond donors (Lipinski definition) is 0. The van der Waals surface area contributed by atoms with E-state index in [0.717, 1.165) is 13.0 Å². The van der Waals surface area contributed by atoms with Gasteiger partial charge in [-0.05, 0) is 59.1 Å². The maximum Gasteiger partial charge on any atom is 0.270 e. The van der Waals surface area contributed by atoms with Crippen molar-refractivity contribution in [3.05, 3.63) is 23.8 Å². The average molecular weight is 318 g/mol. The van der Waals surface area contributed by atoms with E-state index < -0.39 is 5.60 Å². The average Bonchev–Trinajstić information content (AvgIpc) is 2.49. The first kappa shape index (κ1) is 17.5. The molecule has 1 aliphatic heterocycles. The highest BCUT2D eigenvalue weighted by Gasteiger charge is 2.40. The summed E-state index contributed by atoms with van der Waals surface area (Å²) in [4.78, 5) is 28.6. The quantitative estimate of drug-likeness (QED) is 0.757. The van der Waals surface area contributed by atoms with Gasteiger partial charge in [-0.1, -0.05) is 6.92 Å². The SMILES string of the molecule is CCC(=O)c1ccc2c(c1)N(CCCN(C)C)C(=O)C(C)(C)O2. The molecule has 2 rings (SSSR count). The summed E-state index contributed by atoms with van der Waals surface area (Å²) in [5, 5.41) is 0. The van der Waals surface area contributed by atoms with Crippen LogP contribution in [0.5, 0.6) is 5.75 Å². The third-order valence-corrected chi connectivity index (χ3v) is 4.01. The van der Waals surface area contributed by atoms with E-state index in [4.69, 9.17) is 4.74 Å². The van der Waals surface area contributed by atoms with Gasteiger partial charge in [0.1, 0.15) is 5.75 Å². The minimum atomic E-state index is -0.888. The monoisotopic (exact) mass is 318 g/mol. The van der Waals surface area contributed by atoms with Crippen molar-refractivity contribution in [3.63, 3.8) is 0 Å². The molecular formula is C18H26N2O3. The number of amides is 1. The Kier molecular flexibility index (Phi) is 5.09. The summed E-state index contributed by atoms with van der Waals surface area (Å²) in [6.45, 7) is 6.90. The number of ketones is 1. The highest BCUT2D eigenvalue weighted by molar-refractivity contribution is 6.04. The maximum absolute atomic E-state index is 12.7. The number of nitrogens with zero attached hydrogens (tertiary/aromatic N) is 2. The third-order valence-electron chi connectivity index (χ3n) is 4.01. The number of fused-ring (bicyclic) bond motifs is 1. The standard InChI is InChI=1S/C18H26N2O3/c1-6-15(21)13-8-9-16-14(12-13)20(11-7-10-19(4)5)17(22)18(2,3)23-16/h8-9,12H,6-7,10-11H2,1-5H3. The van der Waals surface area contributed by atoms with Crippen molar-refractivity contribution in [2.75, 3.05) is 32.1 Å². The van der Waals surface area contributed by atoms with Crippen LogP contribution in [0.3, 0.4) is 0 Å². The molecule has 0 aliphatic carbocycles. The van der Waals surface area contributed by atoms with Crippen LogP contribution in [-0.2, 0) is 4.79 Å². The predicted octanol–water partition coefficient (Wildman–Crippen LogP) is 2.74. The van der Waals surface area contributed by atoms with E-state index in [-0.39, 0.29) is 11.7 Å². The Labute approximate surface area is 138 Å². The summed E-state index contributed by atoms with van der Waals surface area (Å²) >= 11 is 0. The summed E-state index contributed by atoms with van der Waals surface area (Å²) in [6, 6.07) is 5.35. The molecule has 1 aliphatic rings. The molecule has 0 bridgehead atoms. The Morgan fingerprint density at radius 3 is 2.61 bits per heavy atom. The van der Waals surface area contributed by atoms with E-state index in [0.29, 0.717) is 30.0 Å². The van der Waals surface area contributed by atoms with E-state index in [1.54, 1.807) is 36.9 Å². The van der Waals surface area contributed by atoms with Crippen molar-refractivity contribution >= 4 is 17.4 Å². The van der Waals surface area contributed by atoms with Gasteiger partial charge in [-0.25, -0.2) is 0 Å². The lowest BCUT2D eigenvalue weighted by Crippen LogP contribution is -2.53. The zero-order valence-electron chi connectivity index (χ0n) is 14.7. The number of carbonyl (C=O) groups is 2. The van der Waals surface area contributed by atoms with Crippen LogP contribution in [0.1, 0.15) is 44.0 Å². The van der Waals surface area contributed by atoms with Crippen LogP contribution in [0, 0.1) is 0 Å². The van der Waals surface area contributed by atoms with Crippen molar-refractivity contribution in [2.45, 2.75) is 39.2 Å². The van der Waals surface area contributed by atoms with Gasteiger partial charge < -0.3 is 14.5 Å². The molecule has 1 aromatic carbocycles. The smallest absolute Gasteiger partial charge is 0.270 e. The van der Waals surface area contributed by atoms with E-state index in [9.17, 15) is 9.59 Å². The summed E-state index contributed by atoms with van der Waals surface area (Å²) in [5.74, 6) is 0.662. The summed E-state index contributed by atoms with van der Waals surface area (Å²) in [6.07, 6.45) is 1.31. The van der Waals surface area contributed by atoms with E-state index in [1.807, 2.05) is 21.0 Å². The summed E-state index contributed by atoms with van der Waals surface area (Å²) < 4.78 is 5.84. The zero-order chi connectivity index (χ0) is 17.2. The molecule has 126 valence electrons. The zero-order valence-corrected chi connectivity index (χ0v) is 14.7. The Bertz CT molecular complexity index is 608. The number of rotatable bonds is 6. The molecule has 0 aromatic heterocycles. The molecule has 0 N–H and O–H groups in total. The fourth-order valence-electron chi connectivity index (χ4n) is 2.71. The van der Waals surface area contributed by atoms with Crippen LogP contribution in [0.15, 0.2) is 18.2 Å². The third kappa shape index (κ3) is 3.72. The number of Topliss-reactive ketones (excluding diaryl/α,β-unsaturated/α-hetero) is 1. The number of hydrogen-bond acceptors (Lipinski definition) is 4. The van der Waals surface area contributed by atoms with Gasteiger partial charge in [0.2, 0.25) is 0 Å². The van der Waals surface area contributed by atoms with Gasteiger partial charge in [0, 0.05) is 18.5 Å². The molecular weight excluding hydrogens is 292 g/mol. The Balaban J connectivity index is 2.35. The van der Waals surface area contributed by atoms with Crippen molar-refractivity contribution in [3.8, 4) is 5.75 Å². The van der Waals surface area contributed by atoms with Gasteiger partial charge in [0.25, 0.3) is 5.91 Å². The number of ether oxygens (including phenoxy) is 1. The number of anilines is 1. The van der Waals surface area contributed by atoms with Crippen molar-refractivity contribution in [1.82, 2.24) is 4.90 Å². The summed E-state index contributed by atoms with van der Waals surface area (Å²) in [7, 11) is 4.02. The van der Waals surface area contributed by atoms with E-state index in [1.165, 1.54) is 0 Å². The van der Waals surface area contributed by atoms with Crippen LogP contribution in [0.2, 0.25) is 0 Å². The first-order valence-corrected chi connectivity index (χ1v) is 8.09. The van der Waals surface area contributed by atoms with Crippen molar-refractivity contribution in [2.24, 2.45) is 0 Å². The Hall–Kier alpha value is -1.88. The Morgan fingerprint density at radius 2 is 2.00 bits per heavy atom. The van der Waals surface area contributed by atoms with E-state index >= 15 is 0 Å². The van der Waals surface area contributed by atoms with Crippen molar-refractivity contribution in [1.29, 1.82) is 0 Å². The molecule has 23 heavy (non-hydrogen) atoms. The van der Waals surface area contributed by atoms with Gasteiger partial charge in [0.15, 0.2) is 11.4 Å². The molecule has 0 unspecified atom stereocenters. The molecule has 0 atom stereocenters. The predicted molar refractivity (Wildman–Crippen MR) is 91.3 cm³/mol. The fraction of sp³-hybridized carbons (Fsp3) is 0.556. The van der Waals surface area contributed by atoms with Crippen LogP contribution >= 0.6 is 0 Å². The molecule has 0 spiro atoms. The minimum absolute atomic E-state index is 0.0650. The fourth-order valence-corrected chi connectivity index (χ4v) is 2.71. The maximum atomic E-state index is 12.7. The molecule has 0 radical (unpaired) electrons. The normalized spacial score (nSPS) is 16.3. The molecule has 1 amide bonds. The largest absolute Gasteiger partial charge is 0.476 e. The lowest BCUT2D eigenvalue weighted by Gasteiger charge is -2.39. The highest BCUT2D eigenvalue weighted by atomic mass is 16.5. The number of carbonyl (C=O) groups excluding carboxylic acids is 2. The number of benzene rings is 1. The van der Waals surface area contributed by atoms with E-state index in [2.05, 4.69) is 4.90 Å². The van der Waals surface area contributed by atoms with Crippen LogP contribution in [-0.4, -0.2) is 49.4 Å². The lowest BCUT2D eigenvalue weighted by atomic mass is 10.0. The van der Waals surface area contributed by atoms with Crippen molar-refractivity contribution < 1.29 is 14.3 Å². The van der Waals surface area contributed by atoms with Gasteiger partial charge in [-0.2, -0.15) is 0 Å². The first-order chi connectivity index (χ1) is 10.8.